The van der Waals surface area contributed by atoms with Crippen molar-refractivity contribution in [2.24, 2.45) is 0 Å². The highest BCUT2D eigenvalue weighted by Crippen LogP contribution is 2.24. The van der Waals surface area contributed by atoms with Crippen molar-refractivity contribution < 1.29 is 13.9 Å². The summed E-state index contributed by atoms with van der Waals surface area (Å²) in [6.45, 7) is 3.93. The molecule has 2 aromatic rings. The van der Waals surface area contributed by atoms with Crippen LogP contribution in [0.15, 0.2) is 42.5 Å². The van der Waals surface area contributed by atoms with Crippen LogP contribution in [0, 0.1) is 12.7 Å². The Hall–Kier alpha value is -2.36. The number of halogens is 1. The molecule has 0 aromatic heterocycles. The highest BCUT2D eigenvalue weighted by molar-refractivity contribution is 5.94. The second kappa shape index (κ2) is 7.07. The van der Waals surface area contributed by atoms with Crippen molar-refractivity contribution in [1.82, 2.24) is 5.32 Å². The molecule has 1 amide bonds. The van der Waals surface area contributed by atoms with Crippen LogP contribution < -0.4 is 10.1 Å². The number of benzene rings is 2. The third kappa shape index (κ3) is 3.45. The predicted molar refractivity (Wildman–Crippen MR) is 84.6 cm³/mol. The van der Waals surface area contributed by atoms with Gasteiger partial charge in [0.1, 0.15) is 11.6 Å². The van der Waals surface area contributed by atoms with E-state index in [2.05, 4.69) is 5.32 Å². The van der Waals surface area contributed by atoms with Crippen LogP contribution in [-0.2, 0) is 0 Å². The van der Waals surface area contributed by atoms with E-state index in [-0.39, 0.29) is 11.6 Å². The summed E-state index contributed by atoms with van der Waals surface area (Å²) in [4.78, 5) is 12.2. The van der Waals surface area contributed by atoms with Crippen molar-refractivity contribution in [1.29, 1.82) is 0 Å². The SMILES string of the molecule is CC[C@@H](NC(=O)c1ccccc1F)c1ccc(OC)c(C)c1. The van der Waals surface area contributed by atoms with E-state index in [0.717, 1.165) is 16.9 Å². The fourth-order valence-electron chi connectivity index (χ4n) is 2.42. The lowest BCUT2D eigenvalue weighted by atomic mass is 10.0. The molecule has 2 aromatic carbocycles. The predicted octanol–water partition coefficient (Wildman–Crippen LogP) is 4.02. The fraction of sp³-hybridized carbons (Fsp3) is 0.278. The van der Waals surface area contributed by atoms with Gasteiger partial charge in [0.05, 0.1) is 18.7 Å². The van der Waals surface area contributed by atoms with Gasteiger partial charge in [-0.25, -0.2) is 4.39 Å². The Morgan fingerprint density at radius 3 is 2.59 bits per heavy atom. The van der Waals surface area contributed by atoms with Crippen LogP contribution in [0.3, 0.4) is 0 Å². The molecule has 0 aliphatic rings. The molecular formula is C18H20FNO2. The van der Waals surface area contributed by atoms with Gasteiger partial charge < -0.3 is 10.1 Å². The summed E-state index contributed by atoms with van der Waals surface area (Å²) >= 11 is 0. The van der Waals surface area contributed by atoms with E-state index >= 15 is 0 Å². The smallest absolute Gasteiger partial charge is 0.254 e. The molecular weight excluding hydrogens is 281 g/mol. The lowest BCUT2D eigenvalue weighted by Crippen LogP contribution is -2.28. The monoisotopic (exact) mass is 301 g/mol. The first kappa shape index (κ1) is 16.0. The Bertz CT molecular complexity index is 670. The number of ether oxygens (including phenoxy) is 1. The normalized spacial score (nSPS) is 11.8. The molecule has 0 saturated heterocycles. The minimum absolute atomic E-state index is 0.0613. The van der Waals surface area contributed by atoms with E-state index in [1.54, 1.807) is 19.2 Å². The van der Waals surface area contributed by atoms with Crippen LogP contribution in [0.1, 0.15) is 40.9 Å². The van der Waals surface area contributed by atoms with Gasteiger partial charge in [0, 0.05) is 0 Å². The Morgan fingerprint density at radius 2 is 2.00 bits per heavy atom. The zero-order valence-electron chi connectivity index (χ0n) is 13.0. The maximum absolute atomic E-state index is 13.7. The van der Waals surface area contributed by atoms with Crippen molar-refractivity contribution in [2.75, 3.05) is 7.11 Å². The molecule has 0 aliphatic carbocycles. The summed E-state index contributed by atoms with van der Waals surface area (Å²) in [5, 5.41) is 2.89. The van der Waals surface area contributed by atoms with Gasteiger partial charge in [0.25, 0.3) is 5.91 Å². The Balaban J connectivity index is 2.21. The Kier molecular flexibility index (Phi) is 5.15. The van der Waals surface area contributed by atoms with Crippen LogP contribution in [-0.4, -0.2) is 13.0 Å². The minimum atomic E-state index is -0.513. The molecule has 0 fully saturated rings. The molecule has 0 heterocycles. The average molecular weight is 301 g/mol. The third-order valence-corrected chi connectivity index (χ3v) is 3.65. The summed E-state index contributed by atoms with van der Waals surface area (Å²) in [6.07, 6.45) is 0.714. The molecule has 0 aliphatic heterocycles. The first-order chi connectivity index (χ1) is 10.6. The van der Waals surface area contributed by atoms with Gasteiger partial charge in [0.2, 0.25) is 0 Å². The Labute approximate surface area is 130 Å². The number of methoxy groups -OCH3 is 1. The van der Waals surface area contributed by atoms with Crippen molar-refractivity contribution in [2.45, 2.75) is 26.3 Å². The minimum Gasteiger partial charge on any atom is -0.496 e. The summed E-state index contributed by atoms with van der Waals surface area (Å²) in [6, 6.07) is 11.6. The molecule has 1 atom stereocenters. The third-order valence-electron chi connectivity index (χ3n) is 3.65. The molecule has 1 N–H and O–H groups in total. The second-order valence-electron chi connectivity index (χ2n) is 5.14. The number of nitrogens with one attached hydrogen (secondary N) is 1. The first-order valence-corrected chi connectivity index (χ1v) is 7.26. The molecule has 0 saturated carbocycles. The number of rotatable bonds is 5. The van der Waals surface area contributed by atoms with Crippen molar-refractivity contribution in [3.63, 3.8) is 0 Å². The van der Waals surface area contributed by atoms with E-state index in [0.29, 0.717) is 6.42 Å². The number of hydrogen-bond donors (Lipinski definition) is 1. The molecule has 2 rings (SSSR count). The van der Waals surface area contributed by atoms with Gasteiger partial charge in [-0.05, 0) is 42.7 Å². The average Bonchev–Trinajstić information content (AvgIpc) is 2.52. The highest BCUT2D eigenvalue weighted by Gasteiger charge is 2.17. The number of carbonyl (C=O) groups is 1. The fourth-order valence-corrected chi connectivity index (χ4v) is 2.42. The number of hydrogen-bond acceptors (Lipinski definition) is 2. The van der Waals surface area contributed by atoms with E-state index in [1.807, 2.05) is 32.0 Å². The van der Waals surface area contributed by atoms with E-state index in [1.165, 1.54) is 12.1 Å². The second-order valence-corrected chi connectivity index (χ2v) is 5.14. The molecule has 22 heavy (non-hydrogen) atoms. The maximum Gasteiger partial charge on any atom is 0.254 e. The quantitative estimate of drug-likeness (QED) is 0.905. The van der Waals surface area contributed by atoms with Crippen LogP contribution in [0.5, 0.6) is 5.75 Å². The van der Waals surface area contributed by atoms with Crippen molar-refractivity contribution in [3.05, 3.63) is 65.0 Å². The van der Waals surface area contributed by atoms with Crippen molar-refractivity contribution >= 4 is 5.91 Å². The number of carbonyl (C=O) groups excluding carboxylic acids is 1. The zero-order chi connectivity index (χ0) is 16.1. The molecule has 4 heteroatoms. The lowest BCUT2D eigenvalue weighted by Gasteiger charge is -2.19. The summed E-state index contributed by atoms with van der Waals surface area (Å²) in [5.74, 6) is -0.113. The molecule has 3 nitrogen and oxygen atoms in total. The van der Waals surface area contributed by atoms with Gasteiger partial charge in [-0.15, -0.1) is 0 Å². The molecule has 0 bridgehead atoms. The Morgan fingerprint density at radius 1 is 1.27 bits per heavy atom. The lowest BCUT2D eigenvalue weighted by molar-refractivity contribution is 0.0931. The van der Waals surface area contributed by atoms with Gasteiger partial charge in [-0.3, -0.25) is 4.79 Å². The van der Waals surface area contributed by atoms with Crippen LogP contribution in [0.4, 0.5) is 4.39 Å². The summed E-state index contributed by atoms with van der Waals surface area (Å²) in [5.41, 5.74) is 2.04. The van der Waals surface area contributed by atoms with E-state index in [4.69, 9.17) is 4.74 Å². The molecule has 116 valence electrons. The topological polar surface area (TPSA) is 38.3 Å². The highest BCUT2D eigenvalue weighted by atomic mass is 19.1. The maximum atomic E-state index is 13.7. The van der Waals surface area contributed by atoms with Crippen LogP contribution in [0.25, 0.3) is 0 Å². The summed E-state index contributed by atoms with van der Waals surface area (Å²) in [7, 11) is 1.62. The first-order valence-electron chi connectivity index (χ1n) is 7.26. The van der Waals surface area contributed by atoms with Crippen LogP contribution >= 0.6 is 0 Å². The van der Waals surface area contributed by atoms with Gasteiger partial charge in [0.15, 0.2) is 0 Å². The standard InChI is InChI=1S/C18H20FNO2/c1-4-16(13-9-10-17(22-3)12(2)11-13)20-18(21)14-7-5-6-8-15(14)19/h5-11,16H,4H2,1-3H3,(H,20,21)/t16-/m1/s1. The van der Waals surface area contributed by atoms with Gasteiger partial charge >= 0.3 is 0 Å². The van der Waals surface area contributed by atoms with Crippen molar-refractivity contribution in [3.8, 4) is 5.75 Å². The zero-order valence-corrected chi connectivity index (χ0v) is 13.0. The number of amides is 1. The van der Waals surface area contributed by atoms with Gasteiger partial charge in [-0.1, -0.05) is 31.2 Å². The van der Waals surface area contributed by atoms with E-state index in [9.17, 15) is 9.18 Å². The molecule has 0 unspecified atom stereocenters. The van der Waals surface area contributed by atoms with Crippen LogP contribution in [0.2, 0.25) is 0 Å². The summed E-state index contributed by atoms with van der Waals surface area (Å²) < 4.78 is 18.9. The molecule has 0 radical (unpaired) electrons. The largest absolute Gasteiger partial charge is 0.496 e. The molecule has 0 spiro atoms. The number of aryl methyl sites for hydroxylation is 1. The van der Waals surface area contributed by atoms with Gasteiger partial charge in [-0.2, -0.15) is 0 Å². The van der Waals surface area contributed by atoms with E-state index < -0.39 is 11.7 Å².